The first kappa shape index (κ1) is 69.3. The Morgan fingerprint density at radius 2 is 0.592 bits per heavy atom. The van der Waals surface area contributed by atoms with Crippen molar-refractivity contribution in [2.24, 2.45) is 0 Å². The van der Waals surface area contributed by atoms with E-state index in [2.05, 4.69) is 55.6 Å². The Labute approximate surface area is 445 Å². The van der Waals surface area contributed by atoms with Crippen LogP contribution in [0.25, 0.3) is 0 Å². The normalized spacial score (nSPS) is 13.0. The van der Waals surface area contributed by atoms with Gasteiger partial charge in [-0.2, -0.15) is 0 Å². The molecule has 0 aliphatic carbocycles. The molecule has 2 unspecified atom stereocenters. The minimum Gasteiger partial charge on any atom is -0.394 e. The summed E-state index contributed by atoms with van der Waals surface area (Å²) in [5.74, 6) is -0.0685. The standard InChI is InChI=1S/C67H127NO3/c1-3-5-7-9-11-13-15-17-19-21-23-25-27-29-31-33-35-36-38-40-42-44-46-48-50-52-54-56-58-60-62-66(70)65(64-69)68-67(71)63-61-59-57-55-53-51-49-47-45-43-41-39-37-34-32-30-28-26-24-22-20-18-16-14-12-10-8-6-4-2/h16,18,22,24,52,54,60,62,65-66,69-70H,3-15,17,19-21,23,25-51,53,55-59,61,63-64H2,1-2H3,(H,68,71)/b18-16-,24-22-,54-52+,62-60+. The highest BCUT2D eigenvalue weighted by atomic mass is 16.3. The molecule has 0 heterocycles. The fourth-order valence-corrected chi connectivity index (χ4v) is 10.1. The first-order valence-electron chi connectivity index (χ1n) is 32.4. The van der Waals surface area contributed by atoms with Gasteiger partial charge in [-0.1, -0.05) is 332 Å². The molecule has 418 valence electrons. The maximum absolute atomic E-state index is 12.5. The summed E-state index contributed by atoms with van der Waals surface area (Å²) in [6.45, 7) is 4.33. The summed E-state index contributed by atoms with van der Waals surface area (Å²) in [5.41, 5.74) is 0. The van der Waals surface area contributed by atoms with Crippen molar-refractivity contribution < 1.29 is 15.0 Å². The van der Waals surface area contributed by atoms with E-state index in [0.29, 0.717) is 6.42 Å². The third kappa shape index (κ3) is 59.1. The zero-order valence-electron chi connectivity index (χ0n) is 48.3. The van der Waals surface area contributed by atoms with E-state index in [0.717, 1.165) is 38.5 Å². The number of rotatable bonds is 60. The van der Waals surface area contributed by atoms with Crippen molar-refractivity contribution in [2.45, 2.75) is 366 Å². The van der Waals surface area contributed by atoms with E-state index in [-0.39, 0.29) is 12.5 Å². The van der Waals surface area contributed by atoms with Gasteiger partial charge in [0.15, 0.2) is 0 Å². The Morgan fingerprint density at radius 3 is 0.901 bits per heavy atom. The molecule has 4 nitrogen and oxygen atoms in total. The molecule has 0 bridgehead atoms. The zero-order valence-corrected chi connectivity index (χ0v) is 48.3. The Hall–Kier alpha value is -1.65. The Bertz CT molecular complexity index is 1130. The van der Waals surface area contributed by atoms with E-state index in [1.807, 2.05) is 6.08 Å². The van der Waals surface area contributed by atoms with Gasteiger partial charge in [-0.25, -0.2) is 0 Å². The van der Waals surface area contributed by atoms with E-state index in [9.17, 15) is 15.0 Å². The molecule has 0 rings (SSSR count). The van der Waals surface area contributed by atoms with Crippen LogP contribution in [0.15, 0.2) is 48.6 Å². The van der Waals surface area contributed by atoms with Gasteiger partial charge < -0.3 is 15.5 Å². The summed E-state index contributed by atoms with van der Waals surface area (Å²) in [6.07, 6.45) is 87.5. The van der Waals surface area contributed by atoms with Crippen LogP contribution in [0, 0.1) is 0 Å². The fraction of sp³-hybridized carbons (Fsp3) is 0.866. The minimum absolute atomic E-state index is 0.0685. The Balaban J connectivity index is 3.48. The van der Waals surface area contributed by atoms with Crippen molar-refractivity contribution in [3.63, 3.8) is 0 Å². The van der Waals surface area contributed by atoms with Crippen molar-refractivity contribution in [2.75, 3.05) is 6.61 Å². The lowest BCUT2D eigenvalue weighted by Gasteiger charge is -2.19. The minimum atomic E-state index is -0.864. The number of carbonyl (C=O) groups is 1. The fourth-order valence-electron chi connectivity index (χ4n) is 10.1. The quantitative estimate of drug-likeness (QED) is 0.0420. The zero-order chi connectivity index (χ0) is 51.3. The number of aliphatic hydroxyl groups is 2. The number of allylic oxidation sites excluding steroid dienone is 7. The van der Waals surface area contributed by atoms with Crippen molar-refractivity contribution in [3.05, 3.63) is 48.6 Å². The molecule has 1 amide bonds. The summed E-state index contributed by atoms with van der Waals surface area (Å²) in [5, 5.41) is 23.2. The van der Waals surface area contributed by atoms with Crippen molar-refractivity contribution >= 4 is 5.91 Å². The molecule has 3 N–H and O–H groups in total. The molecule has 0 radical (unpaired) electrons. The van der Waals surface area contributed by atoms with Crippen LogP contribution in [0.5, 0.6) is 0 Å². The SMILES string of the molecule is CCCCCCC/C=C\C/C=C\CCCCCCCCCCCCCCCCCCCC(=O)NC(CO)C(O)/C=C/CC/C=C/CCCCCCCCCCCCCCCCCCCCCCCCCC. The third-order valence-electron chi connectivity index (χ3n) is 15.0. The summed E-state index contributed by atoms with van der Waals surface area (Å²) in [6, 6.07) is -0.641. The van der Waals surface area contributed by atoms with E-state index in [1.54, 1.807) is 6.08 Å². The third-order valence-corrected chi connectivity index (χ3v) is 15.0. The summed E-state index contributed by atoms with van der Waals surface area (Å²) in [7, 11) is 0. The highest BCUT2D eigenvalue weighted by Crippen LogP contribution is 2.18. The topological polar surface area (TPSA) is 69.6 Å². The molecule has 0 saturated heterocycles. The lowest BCUT2D eigenvalue weighted by Crippen LogP contribution is -2.45. The van der Waals surface area contributed by atoms with Crippen LogP contribution in [0.2, 0.25) is 0 Å². The average molecular weight is 995 g/mol. The van der Waals surface area contributed by atoms with E-state index in [4.69, 9.17) is 0 Å². The second kappa shape index (κ2) is 62.6. The van der Waals surface area contributed by atoms with Gasteiger partial charge in [0, 0.05) is 6.42 Å². The molecule has 0 aliphatic heterocycles. The van der Waals surface area contributed by atoms with Gasteiger partial charge >= 0.3 is 0 Å². The van der Waals surface area contributed by atoms with Crippen LogP contribution in [-0.2, 0) is 4.79 Å². The molecular weight excluding hydrogens is 867 g/mol. The predicted octanol–water partition coefficient (Wildman–Crippen LogP) is 21.8. The lowest BCUT2D eigenvalue weighted by molar-refractivity contribution is -0.123. The molecule has 0 saturated carbocycles. The van der Waals surface area contributed by atoms with Crippen LogP contribution in [-0.4, -0.2) is 34.9 Å². The van der Waals surface area contributed by atoms with Crippen molar-refractivity contribution in [1.29, 1.82) is 0 Å². The van der Waals surface area contributed by atoms with Crippen LogP contribution < -0.4 is 5.32 Å². The first-order chi connectivity index (χ1) is 35.2. The van der Waals surface area contributed by atoms with Crippen molar-refractivity contribution in [3.8, 4) is 0 Å². The monoisotopic (exact) mass is 994 g/mol. The van der Waals surface area contributed by atoms with Crippen LogP contribution in [0.3, 0.4) is 0 Å². The number of unbranched alkanes of at least 4 members (excludes halogenated alkanes) is 47. The number of hydrogen-bond acceptors (Lipinski definition) is 3. The molecule has 4 heteroatoms. The molecule has 0 fully saturated rings. The number of carbonyl (C=O) groups excluding carboxylic acids is 1. The van der Waals surface area contributed by atoms with Crippen LogP contribution in [0.4, 0.5) is 0 Å². The largest absolute Gasteiger partial charge is 0.394 e. The molecule has 0 aliphatic rings. The number of aliphatic hydroxyl groups excluding tert-OH is 2. The van der Waals surface area contributed by atoms with Gasteiger partial charge in [0.25, 0.3) is 0 Å². The highest BCUT2D eigenvalue weighted by molar-refractivity contribution is 5.76. The number of hydrogen-bond donors (Lipinski definition) is 3. The van der Waals surface area contributed by atoms with Gasteiger partial charge in [-0.05, 0) is 64.2 Å². The van der Waals surface area contributed by atoms with Gasteiger partial charge in [0.05, 0.1) is 18.8 Å². The molecule has 2 atom stereocenters. The molecule has 71 heavy (non-hydrogen) atoms. The maximum atomic E-state index is 12.5. The molecule has 0 spiro atoms. The summed E-state index contributed by atoms with van der Waals surface area (Å²) < 4.78 is 0. The van der Waals surface area contributed by atoms with Gasteiger partial charge in [-0.3, -0.25) is 4.79 Å². The Kier molecular flexibility index (Phi) is 61.2. The lowest BCUT2D eigenvalue weighted by atomic mass is 10.0. The van der Waals surface area contributed by atoms with Crippen LogP contribution >= 0.6 is 0 Å². The van der Waals surface area contributed by atoms with E-state index in [1.165, 1.54) is 295 Å². The van der Waals surface area contributed by atoms with Crippen LogP contribution in [0.1, 0.15) is 354 Å². The van der Waals surface area contributed by atoms with Gasteiger partial charge in [-0.15, -0.1) is 0 Å². The first-order valence-corrected chi connectivity index (χ1v) is 32.4. The smallest absolute Gasteiger partial charge is 0.220 e. The second-order valence-corrected chi connectivity index (χ2v) is 22.2. The second-order valence-electron chi connectivity index (χ2n) is 22.2. The summed E-state index contributed by atoms with van der Waals surface area (Å²) >= 11 is 0. The van der Waals surface area contributed by atoms with E-state index >= 15 is 0 Å². The Morgan fingerprint density at radius 1 is 0.338 bits per heavy atom. The highest BCUT2D eigenvalue weighted by Gasteiger charge is 2.18. The maximum Gasteiger partial charge on any atom is 0.220 e. The summed E-state index contributed by atoms with van der Waals surface area (Å²) in [4.78, 5) is 12.5. The molecular formula is C67H127NO3. The predicted molar refractivity (Wildman–Crippen MR) is 318 cm³/mol. The molecule has 0 aromatic rings. The number of nitrogens with one attached hydrogen (secondary N) is 1. The molecule has 0 aromatic heterocycles. The van der Waals surface area contributed by atoms with E-state index < -0.39 is 12.1 Å². The average Bonchev–Trinajstić information content (AvgIpc) is 3.37. The molecule has 0 aromatic carbocycles. The van der Waals surface area contributed by atoms with Gasteiger partial charge in [0.1, 0.15) is 0 Å². The number of amides is 1. The van der Waals surface area contributed by atoms with Crippen molar-refractivity contribution in [1.82, 2.24) is 5.32 Å². The van der Waals surface area contributed by atoms with Gasteiger partial charge in [0.2, 0.25) is 5.91 Å².